The molecular weight excluding hydrogens is 318 g/mol. The van der Waals surface area contributed by atoms with E-state index in [1.165, 1.54) is 0 Å². The molecule has 5 heteroatoms. The van der Waals surface area contributed by atoms with E-state index in [9.17, 15) is 4.79 Å². The van der Waals surface area contributed by atoms with Crippen molar-refractivity contribution in [3.05, 3.63) is 53.6 Å². The fraction of sp³-hybridized carbons (Fsp3) is 0.350. The van der Waals surface area contributed by atoms with Crippen LogP contribution in [0.25, 0.3) is 0 Å². The zero-order valence-electron chi connectivity index (χ0n) is 15.2. The molecule has 0 saturated carbocycles. The first-order valence-electron chi connectivity index (χ1n) is 8.29. The van der Waals surface area contributed by atoms with Gasteiger partial charge in [0, 0.05) is 0 Å². The summed E-state index contributed by atoms with van der Waals surface area (Å²) in [5.41, 5.74) is 2.18. The number of nitrogens with one attached hydrogen (secondary N) is 1. The number of benzene rings is 2. The second-order valence-electron chi connectivity index (χ2n) is 5.75. The Morgan fingerprint density at radius 2 is 1.72 bits per heavy atom. The van der Waals surface area contributed by atoms with Crippen LogP contribution in [0.4, 0.5) is 0 Å². The van der Waals surface area contributed by atoms with Crippen LogP contribution in [0.1, 0.15) is 18.1 Å². The lowest BCUT2D eigenvalue weighted by atomic mass is 10.1. The number of carbonyl (C=O) groups excluding carboxylic acids is 1. The number of rotatable bonds is 8. The molecule has 0 radical (unpaired) electrons. The summed E-state index contributed by atoms with van der Waals surface area (Å²) in [7, 11) is 1.59. The lowest BCUT2D eigenvalue weighted by Crippen LogP contribution is -2.38. The molecule has 2 aromatic rings. The van der Waals surface area contributed by atoms with Gasteiger partial charge in [0.2, 0.25) is 0 Å². The van der Waals surface area contributed by atoms with E-state index >= 15 is 0 Å². The lowest BCUT2D eigenvalue weighted by Gasteiger charge is -2.17. The van der Waals surface area contributed by atoms with Gasteiger partial charge in [-0.25, -0.2) is 0 Å². The molecule has 5 nitrogen and oxygen atoms in total. The topological polar surface area (TPSA) is 56.8 Å². The molecule has 0 saturated heterocycles. The van der Waals surface area contributed by atoms with Crippen molar-refractivity contribution in [2.45, 2.75) is 26.9 Å². The highest BCUT2D eigenvalue weighted by molar-refractivity contribution is 5.80. The van der Waals surface area contributed by atoms with Crippen LogP contribution in [0.5, 0.6) is 17.2 Å². The largest absolute Gasteiger partial charge is 0.493 e. The summed E-state index contributed by atoms with van der Waals surface area (Å²) < 4.78 is 16.6. The van der Waals surface area contributed by atoms with Crippen molar-refractivity contribution in [3.63, 3.8) is 0 Å². The third kappa shape index (κ3) is 5.14. The Hall–Kier alpha value is -2.69. The van der Waals surface area contributed by atoms with Gasteiger partial charge in [0.15, 0.2) is 17.6 Å². The quantitative estimate of drug-likeness (QED) is 0.748. The van der Waals surface area contributed by atoms with Crippen LogP contribution in [0.3, 0.4) is 0 Å². The second-order valence-corrected chi connectivity index (χ2v) is 5.75. The molecule has 0 bridgehead atoms. The SMILES string of the molecule is COc1ccccc1OCCNC(=O)[C@@H](C)Oc1cccc(C)c1C. The predicted octanol–water partition coefficient (Wildman–Crippen LogP) is 3.27. The van der Waals surface area contributed by atoms with Crippen LogP contribution in [0.2, 0.25) is 0 Å². The van der Waals surface area contributed by atoms with Gasteiger partial charge in [-0.1, -0.05) is 24.3 Å². The van der Waals surface area contributed by atoms with E-state index in [1.54, 1.807) is 14.0 Å². The van der Waals surface area contributed by atoms with Crippen molar-refractivity contribution in [1.82, 2.24) is 5.32 Å². The van der Waals surface area contributed by atoms with Crippen molar-refractivity contribution < 1.29 is 19.0 Å². The second kappa shape index (κ2) is 8.97. The summed E-state index contributed by atoms with van der Waals surface area (Å²) in [5.74, 6) is 1.87. The lowest BCUT2D eigenvalue weighted by molar-refractivity contribution is -0.127. The maximum atomic E-state index is 12.2. The molecule has 0 fully saturated rings. The maximum Gasteiger partial charge on any atom is 0.260 e. The highest BCUT2D eigenvalue weighted by atomic mass is 16.5. The summed E-state index contributed by atoms with van der Waals surface area (Å²) >= 11 is 0. The van der Waals surface area contributed by atoms with Gasteiger partial charge in [0.05, 0.1) is 13.7 Å². The number of carbonyl (C=O) groups is 1. The van der Waals surface area contributed by atoms with Crippen molar-refractivity contribution in [2.75, 3.05) is 20.3 Å². The minimum Gasteiger partial charge on any atom is -0.493 e. The molecule has 1 atom stereocenters. The van der Waals surface area contributed by atoms with Gasteiger partial charge in [-0.3, -0.25) is 4.79 Å². The molecule has 2 aromatic carbocycles. The summed E-state index contributed by atoms with van der Waals surface area (Å²) in [6, 6.07) is 13.2. The molecule has 0 aliphatic heterocycles. The molecule has 1 amide bonds. The van der Waals surface area contributed by atoms with E-state index in [0.717, 1.165) is 16.9 Å². The van der Waals surface area contributed by atoms with E-state index in [2.05, 4.69) is 5.32 Å². The molecule has 0 aliphatic rings. The van der Waals surface area contributed by atoms with Gasteiger partial charge in [-0.2, -0.15) is 0 Å². The molecule has 0 unspecified atom stereocenters. The van der Waals surface area contributed by atoms with Crippen LogP contribution in [-0.4, -0.2) is 32.3 Å². The van der Waals surface area contributed by atoms with Crippen LogP contribution in [0, 0.1) is 13.8 Å². The minimum atomic E-state index is -0.577. The van der Waals surface area contributed by atoms with E-state index in [4.69, 9.17) is 14.2 Å². The van der Waals surface area contributed by atoms with Crippen molar-refractivity contribution in [1.29, 1.82) is 0 Å². The molecule has 0 aliphatic carbocycles. The standard InChI is InChI=1S/C20H25NO4/c1-14-8-7-11-17(15(14)2)25-16(3)20(22)21-12-13-24-19-10-6-5-9-18(19)23-4/h5-11,16H,12-13H2,1-4H3,(H,21,22)/t16-/m1/s1. The number of hydrogen-bond donors (Lipinski definition) is 1. The first-order chi connectivity index (χ1) is 12.0. The Morgan fingerprint density at radius 3 is 2.44 bits per heavy atom. The van der Waals surface area contributed by atoms with Gasteiger partial charge in [0.1, 0.15) is 12.4 Å². The molecule has 134 valence electrons. The third-order valence-electron chi connectivity index (χ3n) is 3.96. The fourth-order valence-electron chi connectivity index (χ4n) is 2.31. The van der Waals surface area contributed by atoms with E-state index in [1.807, 2.05) is 56.3 Å². The van der Waals surface area contributed by atoms with Gasteiger partial charge in [0.25, 0.3) is 5.91 Å². The van der Waals surface area contributed by atoms with Gasteiger partial charge < -0.3 is 19.5 Å². The van der Waals surface area contributed by atoms with Gasteiger partial charge in [-0.15, -0.1) is 0 Å². The fourth-order valence-corrected chi connectivity index (χ4v) is 2.31. The van der Waals surface area contributed by atoms with Crippen molar-refractivity contribution >= 4 is 5.91 Å². The van der Waals surface area contributed by atoms with Crippen LogP contribution in [-0.2, 0) is 4.79 Å². The minimum absolute atomic E-state index is 0.176. The number of amides is 1. The molecule has 0 heterocycles. The predicted molar refractivity (Wildman–Crippen MR) is 97.5 cm³/mol. The van der Waals surface area contributed by atoms with Crippen LogP contribution < -0.4 is 19.5 Å². The molecule has 25 heavy (non-hydrogen) atoms. The summed E-state index contributed by atoms with van der Waals surface area (Å²) in [4.78, 5) is 12.2. The average Bonchev–Trinajstić information content (AvgIpc) is 2.62. The highest BCUT2D eigenvalue weighted by Gasteiger charge is 2.15. The zero-order chi connectivity index (χ0) is 18.2. The number of hydrogen-bond acceptors (Lipinski definition) is 4. The first-order valence-corrected chi connectivity index (χ1v) is 8.29. The van der Waals surface area contributed by atoms with Gasteiger partial charge >= 0.3 is 0 Å². The maximum absolute atomic E-state index is 12.2. The summed E-state index contributed by atoms with van der Waals surface area (Å²) in [6.45, 7) is 6.47. The van der Waals surface area contributed by atoms with Crippen molar-refractivity contribution in [2.24, 2.45) is 0 Å². The molecule has 1 N–H and O–H groups in total. The Bertz CT molecular complexity index is 715. The van der Waals surface area contributed by atoms with Gasteiger partial charge in [-0.05, 0) is 50.1 Å². The average molecular weight is 343 g/mol. The Kier molecular flexibility index (Phi) is 6.69. The Labute approximate surface area is 148 Å². The Morgan fingerprint density at radius 1 is 1.04 bits per heavy atom. The molecule has 0 spiro atoms. The monoisotopic (exact) mass is 343 g/mol. The summed E-state index contributed by atoms with van der Waals surface area (Å²) in [5, 5.41) is 2.81. The van der Waals surface area contributed by atoms with Crippen LogP contribution >= 0.6 is 0 Å². The third-order valence-corrected chi connectivity index (χ3v) is 3.96. The van der Waals surface area contributed by atoms with E-state index in [0.29, 0.717) is 24.7 Å². The summed E-state index contributed by atoms with van der Waals surface area (Å²) in [6.07, 6.45) is -0.577. The number of methoxy groups -OCH3 is 1. The van der Waals surface area contributed by atoms with E-state index in [-0.39, 0.29) is 5.91 Å². The number of para-hydroxylation sites is 2. The Balaban J connectivity index is 1.79. The zero-order valence-corrected chi connectivity index (χ0v) is 15.2. The number of ether oxygens (including phenoxy) is 3. The smallest absolute Gasteiger partial charge is 0.260 e. The first kappa shape index (κ1) is 18.6. The number of aryl methyl sites for hydroxylation is 1. The van der Waals surface area contributed by atoms with Crippen molar-refractivity contribution in [3.8, 4) is 17.2 Å². The highest BCUT2D eigenvalue weighted by Crippen LogP contribution is 2.25. The van der Waals surface area contributed by atoms with Crippen LogP contribution in [0.15, 0.2) is 42.5 Å². The molecular formula is C20H25NO4. The van der Waals surface area contributed by atoms with E-state index < -0.39 is 6.10 Å². The normalized spacial score (nSPS) is 11.5. The molecule has 0 aromatic heterocycles. The molecule has 2 rings (SSSR count).